The maximum absolute atomic E-state index is 12.3. The molecule has 0 radical (unpaired) electrons. The first-order chi connectivity index (χ1) is 11.0. The van der Waals surface area contributed by atoms with E-state index in [-0.39, 0.29) is 11.9 Å². The highest BCUT2D eigenvalue weighted by Gasteiger charge is 2.43. The molecule has 0 aromatic rings. The lowest BCUT2D eigenvalue weighted by Gasteiger charge is -2.41. The van der Waals surface area contributed by atoms with Crippen molar-refractivity contribution in [2.75, 3.05) is 40.3 Å². The Morgan fingerprint density at radius 1 is 1.09 bits per heavy atom. The molecule has 4 atom stereocenters. The fourth-order valence-electron chi connectivity index (χ4n) is 4.64. The van der Waals surface area contributed by atoms with Crippen LogP contribution in [0.15, 0.2) is 0 Å². The lowest BCUT2D eigenvalue weighted by Crippen LogP contribution is -2.57. The van der Waals surface area contributed by atoms with Gasteiger partial charge in [0.1, 0.15) is 6.04 Å². The Hall–Kier alpha value is -1.30. The van der Waals surface area contributed by atoms with Crippen molar-refractivity contribution >= 4 is 11.9 Å². The maximum atomic E-state index is 12.3. The van der Waals surface area contributed by atoms with E-state index in [0.29, 0.717) is 0 Å². The van der Waals surface area contributed by atoms with Gasteiger partial charge in [0.15, 0.2) is 0 Å². The molecule has 0 spiro atoms. The first-order valence-electron chi connectivity index (χ1n) is 8.96. The van der Waals surface area contributed by atoms with Gasteiger partial charge < -0.3 is 15.1 Å². The van der Waals surface area contributed by atoms with E-state index in [0.717, 1.165) is 44.1 Å². The number of likely N-dealkylation sites (N-methyl/N-ethyl adjacent to an activating group) is 1. The fourth-order valence-corrected chi connectivity index (χ4v) is 4.64. The SMILES string of the molecule is CC(NC(=O)N1CCN(C2CC3CCC2C3)CC1)C(=O)N(C)C. The maximum Gasteiger partial charge on any atom is 0.318 e. The number of nitrogens with one attached hydrogen (secondary N) is 1. The minimum absolute atomic E-state index is 0.0704. The highest BCUT2D eigenvalue weighted by atomic mass is 16.2. The summed E-state index contributed by atoms with van der Waals surface area (Å²) in [6, 6.07) is 0.176. The molecule has 6 heteroatoms. The van der Waals surface area contributed by atoms with Gasteiger partial charge in [-0.15, -0.1) is 0 Å². The van der Waals surface area contributed by atoms with Crippen molar-refractivity contribution in [2.45, 2.75) is 44.7 Å². The largest absolute Gasteiger partial charge is 0.347 e. The summed E-state index contributed by atoms with van der Waals surface area (Å²) in [5.41, 5.74) is 0. The van der Waals surface area contributed by atoms with Crippen molar-refractivity contribution in [1.82, 2.24) is 20.0 Å². The molecule has 1 saturated heterocycles. The van der Waals surface area contributed by atoms with E-state index in [9.17, 15) is 9.59 Å². The molecule has 0 aromatic carbocycles. The van der Waals surface area contributed by atoms with Gasteiger partial charge in [-0.25, -0.2) is 4.79 Å². The fraction of sp³-hybridized carbons (Fsp3) is 0.882. The molecule has 3 aliphatic rings. The van der Waals surface area contributed by atoms with E-state index in [2.05, 4.69) is 10.2 Å². The Morgan fingerprint density at radius 2 is 1.78 bits per heavy atom. The Balaban J connectivity index is 1.45. The summed E-state index contributed by atoms with van der Waals surface area (Å²) in [4.78, 5) is 30.1. The number of urea groups is 1. The van der Waals surface area contributed by atoms with Crippen LogP contribution < -0.4 is 5.32 Å². The molecule has 3 rings (SSSR count). The summed E-state index contributed by atoms with van der Waals surface area (Å²) in [7, 11) is 3.41. The molecule has 0 aromatic heterocycles. The van der Waals surface area contributed by atoms with Gasteiger partial charge in [0.2, 0.25) is 5.91 Å². The summed E-state index contributed by atoms with van der Waals surface area (Å²) in [5.74, 6) is 1.79. The molecular weight excluding hydrogens is 292 g/mol. The number of hydrogen-bond acceptors (Lipinski definition) is 3. The molecule has 23 heavy (non-hydrogen) atoms. The van der Waals surface area contributed by atoms with Gasteiger partial charge in [-0.1, -0.05) is 6.42 Å². The van der Waals surface area contributed by atoms with Gasteiger partial charge in [-0.2, -0.15) is 0 Å². The van der Waals surface area contributed by atoms with E-state index >= 15 is 0 Å². The molecule has 3 amide bonds. The Morgan fingerprint density at radius 3 is 2.30 bits per heavy atom. The van der Waals surface area contributed by atoms with Gasteiger partial charge in [0.25, 0.3) is 0 Å². The van der Waals surface area contributed by atoms with Crippen LogP contribution in [-0.4, -0.2) is 79.0 Å². The summed E-state index contributed by atoms with van der Waals surface area (Å²) >= 11 is 0. The van der Waals surface area contributed by atoms with E-state index in [1.54, 1.807) is 21.0 Å². The third kappa shape index (κ3) is 3.47. The van der Waals surface area contributed by atoms with Crippen LogP contribution in [0.25, 0.3) is 0 Å². The molecule has 1 heterocycles. The van der Waals surface area contributed by atoms with Crippen molar-refractivity contribution < 1.29 is 9.59 Å². The predicted molar refractivity (Wildman–Crippen MR) is 89.1 cm³/mol. The van der Waals surface area contributed by atoms with E-state index in [1.807, 2.05) is 4.90 Å². The van der Waals surface area contributed by atoms with Crippen LogP contribution in [-0.2, 0) is 4.79 Å². The zero-order valence-electron chi connectivity index (χ0n) is 14.6. The Labute approximate surface area is 139 Å². The first-order valence-corrected chi connectivity index (χ1v) is 8.96. The molecule has 130 valence electrons. The summed E-state index contributed by atoms with van der Waals surface area (Å²) in [5, 5.41) is 2.82. The van der Waals surface area contributed by atoms with Crippen LogP contribution in [0.2, 0.25) is 0 Å². The van der Waals surface area contributed by atoms with E-state index in [4.69, 9.17) is 0 Å². The molecule has 2 bridgehead atoms. The van der Waals surface area contributed by atoms with Crippen LogP contribution in [0.4, 0.5) is 4.79 Å². The van der Waals surface area contributed by atoms with Gasteiger partial charge >= 0.3 is 6.03 Å². The number of carbonyl (C=O) groups is 2. The number of carbonyl (C=O) groups excluding carboxylic acids is 2. The van der Waals surface area contributed by atoms with Crippen LogP contribution in [0.1, 0.15) is 32.6 Å². The van der Waals surface area contributed by atoms with Gasteiger partial charge in [-0.3, -0.25) is 9.69 Å². The summed E-state index contributed by atoms with van der Waals surface area (Å²) in [6.07, 6.45) is 5.63. The standard InChI is InChI=1S/C17H30N4O2/c1-12(16(22)19(2)3)18-17(23)21-8-6-20(7-9-21)15-11-13-4-5-14(15)10-13/h12-15H,4-11H2,1-3H3,(H,18,23). The monoisotopic (exact) mass is 322 g/mol. The Kier molecular flexibility index (Phi) is 4.80. The van der Waals surface area contributed by atoms with Crippen molar-refractivity contribution in [3.8, 4) is 0 Å². The van der Waals surface area contributed by atoms with E-state index < -0.39 is 6.04 Å². The average Bonchev–Trinajstić information content (AvgIpc) is 3.17. The van der Waals surface area contributed by atoms with Crippen LogP contribution in [0.5, 0.6) is 0 Å². The molecule has 6 nitrogen and oxygen atoms in total. The second kappa shape index (κ2) is 6.67. The number of amides is 3. The second-order valence-corrected chi connectivity index (χ2v) is 7.67. The molecule has 2 aliphatic carbocycles. The topological polar surface area (TPSA) is 55.9 Å². The number of nitrogens with zero attached hydrogens (tertiary/aromatic N) is 3. The lowest BCUT2D eigenvalue weighted by molar-refractivity contribution is -0.130. The van der Waals surface area contributed by atoms with Gasteiger partial charge in [0.05, 0.1) is 0 Å². The highest BCUT2D eigenvalue weighted by molar-refractivity contribution is 5.86. The zero-order chi connectivity index (χ0) is 16.6. The quantitative estimate of drug-likeness (QED) is 0.843. The summed E-state index contributed by atoms with van der Waals surface area (Å²) < 4.78 is 0. The minimum atomic E-state index is -0.471. The molecular formula is C17H30N4O2. The zero-order valence-corrected chi connectivity index (χ0v) is 14.6. The van der Waals surface area contributed by atoms with Gasteiger partial charge in [0, 0.05) is 46.3 Å². The minimum Gasteiger partial charge on any atom is -0.347 e. The number of hydrogen-bond donors (Lipinski definition) is 1. The third-order valence-electron chi connectivity index (χ3n) is 5.92. The lowest BCUT2D eigenvalue weighted by atomic mass is 9.93. The smallest absolute Gasteiger partial charge is 0.318 e. The van der Waals surface area contributed by atoms with Crippen LogP contribution in [0, 0.1) is 11.8 Å². The molecule has 4 unspecified atom stereocenters. The second-order valence-electron chi connectivity index (χ2n) is 7.67. The number of rotatable bonds is 3. The normalized spacial score (nSPS) is 32.0. The highest BCUT2D eigenvalue weighted by Crippen LogP contribution is 2.46. The summed E-state index contributed by atoms with van der Waals surface area (Å²) in [6.45, 7) is 5.21. The Bertz CT molecular complexity index is 460. The first kappa shape index (κ1) is 16.6. The van der Waals surface area contributed by atoms with Crippen molar-refractivity contribution in [2.24, 2.45) is 11.8 Å². The van der Waals surface area contributed by atoms with E-state index in [1.165, 1.54) is 30.6 Å². The van der Waals surface area contributed by atoms with Crippen molar-refractivity contribution in [3.05, 3.63) is 0 Å². The molecule has 1 N–H and O–H groups in total. The van der Waals surface area contributed by atoms with Crippen LogP contribution in [0.3, 0.4) is 0 Å². The van der Waals surface area contributed by atoms with Crippen molar-refractivity contribution in [1.29, 1.82) is 0 Å². The van der Waals surface area contributed by atoms with Crippen molar-refractivity contribution in [3.63, 3.8) is 0 Å². The molecule has 2 saturated carbocycles. The predicted octanol–water partition coefficient (Wildman–Crippen LogP) is 0.979. The number of fused-ring (bicyclic) bond motifs is 2. The molecule has 3 fully saturated rings. The van der Waals surface area contributed by atoms with Gasteiger partial charge in [-0.05, 0) is 38.0 Å². The molecule has 1 aliphatic heterocycles. The third-order valence-corrected chi connectivity index (χ3v) is 5.92. The average molecular weight is 322 g/mol. The van der Waals surface area contributed by atoms with Crippen LogP contribution >= 0.6 is 0 Å². The number of piperazine rings is 1.